The molecule has 1 N–H and O–H groups in total. The largest absolute Gasteiger partial charge is 0.480 e. The highest BCUT2D eigenvalue weighted by atomic mass is 79.9. The van der Waals surface area contributed by atoms with Gasteiger partial charge in [0.05, 0.1) is 0 Å². The molecule has 1 saturated carbocycles. The molecular formula is C13H14BrNO3. The number of carboxylic acid groups (broad SMARTS) is 1. The van der Waals surface area contributed by atoms with Crippen LogP contribution < -0.4 is 0 Å². The molecule has 18 heavy (non-hydrogen) atoms. The van der Waals surface area contributed by atoms with E-state index < -0.39 is 5.97 Å². The number of halogens is 1. The fourth-order valence-corrected chi connectivity index (χ4v) is 2.03. The number of carbonyl (C=O) groups is 2. The van der Waals surface area contributed by atoms with Gasteiger partial charge in [-0.1, -0.05) is 15.9 Å². The van der Waals surface area contributed by atoms with E-state index in [1.165, 1.54) is 4.90 Å². The zero-order valence-electron chi connectivity index (χ0n) is 9.80. The summed E-state index contributed by atoms with van der Waals surface area (Å²) in [7, 11) is 0. The molecule has 1 aliphatic carbocycles. The first-order valence-electron chi connectivity index (χ1n) is 5.83. The first-order chi connectivity index (χ1) is 8.56. The third-order valence-corrected chi connectivity index (χ3v) is 3.41. The van der Waals surface area contributed by atoms with Crippen LogP contribution in [-0.2, 0) is 4.79 Å². The van der Waals surface area contributed by atoms with Crippen LogP contribution in [0.25, 0.3) is 0 Å². The lowest BCUT2D eigenvalue weighted by Crippen LogP contribution is -2.37. The Balaban J connectivity index is 2.10. The molecule has 0 bridgehead atoms. The molecule has 0 heterocycles. The molecule has 5 heteroatoms. The topological polar surface area (TPSA) is 57.6 Å². The summed E-state index contributed by atoms with van der Waals surface area (Å²) < 4.78 is 0.894. The third-order valence-electron chi connectivity index (χ3n) is 2.88. The van der Waals surface area contributed by atoms with Gasteiger partial charge in [0.15, 0.2) is 0 Å². The van der Waals surface area contributed by atoms with E-state index in [0.29, 0.717) is 18.0 Å². The molecule has 4 nitrogen and oxygen atoms in total. The van der Waals surface area contributed by atoms with Gasteiger partial charge >= 0.3 is 5.97 Å². The number of rotatable bonds is 5. The molecule has 0 spiro atoms. The monoisotopic (exact) mass is 311 g/mol. The van der Waals surface area contributed by atoms with Crippen molar-refractivity contribution in [2.75, 3.05) is 13.1 Å². The lowest BCUT2D eigenvalue weighted by molar-refractivity contribution is -0.137. The molecule has 1 aliphatic rings. The van der Waals surface area contributed by atoms with Crippen molar-refractivity contribution in [2.45, 2.75) is 12.8 Å². The third kappa shape index (κ3) is 3.57. The van der Waals surface area contributed by atoms with Gasteiger partial charge in [-0.25, -0.2) is 0 Å². The molecular weight excluding hydrogens is 298 g/mol. The second-order valence-electron chi connectivity index (χ2n) is 4.53. The summed E-state index contributed by atoms with van der Waals surface area (Å²) in [5.41, 5.74) is 0.528. The number of hydrogen-bond acceptors (Lipinski definition) is 2. The Morgan fingerprint density at radius 3 is 2.39 bits per heavy atom. The zero-order chi connectivity index (χ0) is 13.1. The normalized spacial score (nSPS) is 14.3. The molecule has 0 unspecified atom stereocenters. The number of aliphatic carboxylic acids is 1. The first kappa shape index (κ1) is 13.1. The molecule has 1 amide bonds. The molecule has 0 saturated heterocycles. The maximum atomic E-state index is 12.2. The van der Waals surface area contributed by atoms with Crippen LogP contribution in [0.2, 0.25) is 0 Å². The fourth-order valence-electron chi connectivity index (χ4n) is 1.77. The maximum absolute atomic E-state index is 12.2. The van der Waals surface area contributed by atoms with Crippen molar-refractivity contribution < 1.29 is 14.7 Å². The molecule has 1 aromatic rings. The van der Waals surface area contributed by atoms with Gasteiger partial charge in [-0.15, -0.1) is 0 Å². The van der Waals surface area contributed by atoms with Crippen molar-refractivity contribution in [3.05, 3.63) is 34.3 Å². The van der Waals surface area contributed by atoms with Crippen molar-refractivity contribution in [3.8, 4) is 0 Å². The maximum Gasteiger partial charge on any atom is 0.323 e. The van der Waals surface area contributed by atoms with Gasteiger partial charge in [-0.3, -0.25) is 9.59 Å². The Morgan fingerprint density at radius 1 is 1.28 bits per heavy atom. The van der Waals surface area contributed by atoms with E-state index in [2.05, 4.69) is 15.9 Å². The summed E-state index contributed by atoms with van der Waals surface area (Å²) in [4.78, 5) is 24.4. The van der Waals surface area contributed by atoms with E-state index in [1.54, 1.807) is 24.3 Å². The van der Waals surface area contributed by atoms with Gasteiger partial charge in [0.1, 0.15) is 6.54 Å². The van der Waals surface area contributed by atoms with Crippen molar-refractivity contribution >= 4 is 27.8 Å². The minimum absolute atomic E-state index is 0.211. The van der Waals surface area contributed by atoms with Crippen LogP contribution in [0.3, 0.4) is 0 Å². The molecule has 96 valence electrons. The van der Waals surface area contributed by atoms with Gasteiger partial charge in [0, 0.05) is 16.6 Å². The molecule has 1 aromatic carbocycles. The fraction of sp³-hybridized carbons (Fsp3) is 0.385. The molecule has 0 aromatic heterocycles. The van der Waals surface area contributed by atoms with Crippen LogP contribution in [0.4, 0.5) is 0 Å². The Labute approximate surface area is 114 Å². The number of carbonyl (C=O) groups excluding carboxylic acids is 1. The summed E-state index contributed by atoms with van der Waals surface area (Å²) in [5, 5.41) is 8.86. The molecule has 0 atom stereocenters. The van der Waals surface area contributed by atoms with Crippen molar-refractivity contribution in [3.63, 3.8) is 0 Å². The van der Waals surface area contributed by atoms with Crippen LogP contribution in [0.5, 0.6) is 0 Å². The average molecular weight is 312 g/mol. The quantitative estimate of drug-likeness (QED) is 0.908. The Kier molecular flexibility index (Phi) is 4.01. The minimum atomic E-state index is -0.971. The van der Waals surface area contributed by atoms with Gasteiger partial charge in [0.2, 0.25) is 0 Å². The molecule has 2 rings (SSSR count). The smallest absolute Gasteiger partial charge is 0.323 e. The lowest BCUT2D eigenvalue weighted by Gasteiger charge is -2.20. The van der Waals surface area contributed by atoms with Crippen molar-refractivity contribution in [1.29, 1.82) is 0 Å². The van der Waals surface area contributed by atoms with Crippen LogP contribution >= 0.6 is 15.9 Å². The van der Waals surface area contributed by atoms with E-state index in [0.717, 1.165) is 17.3 Å². The summed E-state index contributed by atoms with van der Waals surface area (Å²) in [6.45, 7) is 0.312. The standard InChI is InChI=1S/C13H14BrNO3/c14-11-5-3-10(4-6-11)13(18)15(8-12(16)17)7-9-1-2-9/h3-6,9H,1-2,7-8H2,(H,16,17). The number of hydrogen-bond donors (Lipinski definition) is 1. The second kappa shape index (κ2) is 5.52. The van der Waals surface area contributed by atoms with E-state index in [4.69, 9.17) is 5.11 Å². The highest BCUT2D eigenvalue weighted by Crippen LogP contribution is 2.30. The van der Waals surface area contributed by atoms with E-state index in [-0.39, 0.29) is 12.5 Å². The molecule has 0 aliphatic heterocycles. The summed E-state index contributed by atoms with van der Waals surface area (Å²) in [6, 6.07) is 6.97. The van der Waals surface area contributed by atoms with Crippen LogP contribution in [0.1, 0.15) is 23.2 Å². The number of nitrogens with zero attached hydrogens (tertiary/aromatic N) is 1. The highest BCUT2D eigenvalue weighted by molar-refractivity contribution is 9.10. The first-order valence-corrected chi connectivity index (χ1v) is 6.62. The second-order valence-corrected chi connectivity index (χ2v) is 5.45. The number of benzene rings is 1. The van der Waals surface area contributed by atoms with Crippen LogP contribution in [0, 0.1) is 5.92 Å². The van der Waals surface area contributed by atoms with Gasteiger partial charge in [-0.2, -0.15) is 0 Å². The number of amides is 1. The molecule has 0 radical (unpaired) electrons. The van der Waals surface area contributed by atoms with Gasteiger partial charge < -0.3 is 10.0 Å². The van der Waals surface area contributed by atoms with Crippen LogP contribution in [0.15, 0.2) is 28.7 Å². The zero-order valence-corrected chi connectivity index (χ0v) is 11.4. The summed E-state index contributed by atoms with van der Waals surface area (Å²) in [5.74, 6) is -0.707. The summed E-state index contributed by atoms with van der Waals surface area (Å²) >= 11 is 3.30. The lowest BCUT2D eigenvalue weighted by atomic mass is 10.2. The molecule has 1 fully saturated rings. The van der Waals surface area contributed by atoms with Crippen molar-refractivity contribution in [2.24, 2.45) is 5.92 Å². The predicted octanol–water partition coefficient (Wildman–Crippen LogP) is 2.39. The Hall–Kier alpha value is -1.36. The Bertz CT molecular complexity index is 454. The van der Waals surface area contributed by atoms with Gasteiger partial charge in [-0.05, 0) is 43.0 Å². The van der Waals surface area contributed by atoms with E-state index >= 15 is 0 Å². The summed E-state index contributed by atoms with van der Waals surface area (Å²) in [6.07, 6.45) is 2.17. The highest BCUT2D eigenvalue weighted by Gasteiger charge is 2.28. The SMILES string of the molecule is O=C(O)CN(CC1CC1)C(=O)c1ccc(Br)cc1. The van der Waals surface area contributed by atoms with Crippen LogP contribution in [-0.4, -0.2) is 35.0 Å². The Morgan fingerprint density at radius 2 is 1.89 bits per heavy atom. The van der Waals surface area contributed by atoms with Gasteiger partial charge in [0.25, 0.3) is 5.91 Å². The van der Waals surface area contributed by atoms with E-state index in [1.807, 2.05) is 0 Å². The predicted molar refractivity (Wildman–Crippen MR) is 70.4 cm³/mol. The average Bonchev–Trinajstić information content (AvgIpc) is 3.12. The van der Waals surface area contributed by atoms with Crippen molar-refractivity contribution in [1.82, 2.24) is 4.90 Å². The van der Waals surface area contributed by atoms with E-state index in [9.17, 15) is 9.59 Å². The number of carboxylic acids is 1. The minimum Gasteiger partial charge on any atom is -0.480 e.